The summed E-state index contributed by atoms with van der Waals surface area (Å²) in [5.41, 5.74) is 1.14. The van der Waals surface area contributed by atoms with Crippen LogP contribution in [0.5, 0.6) is 0 Å². The second-order valence-corrected chi connectivity index (χ2v) is 7.96. The summed E-state index contributed by atoms with van der Waals surface area (Å²) in [6.45, 7) is 13.7. The first-order chi connectivity index (χ1) is 9.26. The fraction of sp³-hybridized carbons (Fsp3) is 0.800. The zero-order valence-electron chi connectivity index (χ0n) is 13.2. The van der Waals surface area contributed by atoms with Crippen molar-refractivity contribution in [2.24, 2.45) is 0 Å². The van der Waals surface area contributed by atoms with Crippen molar-refractivity contribution in [1.82, 2.24) is 10.3 Å². The predicted molar refractivity (Wildman–Crippen MR) is 82.3 cm³/mol. The molecule has 4 nitrogen and oxygen atoms in total. The first-order valence-corrected chi connectivity index (χ1v) is 8.05. The van der Waals surface area contributed by atoms with Crippen molar-refractivity contribution in [3.8, 4) is 0 Å². The summed E-state index contributed by atoms with van der Waals surface area (Å²) in [6, 6.07) is 0. The maximum absolute atomic E-state index is 5.97. The van der Waals surface area contributed by atoms with Gasteiger partial charge in [-0.3, -0.25) is 0 Å². The van der Waals surface area contributed by atoms with E-state index in [2.05, 4.69) is 50.3 Å². The summed E-state index contributed by atoms with van der Waals surface area (Å²) < 4.78 is 11.7. The lowest BCUT2D eigenvalue weighted by molar-refractivity contribution is -0.122. The molecule has 114 valence electrons. The highest BCUT2D eigenvalue weighted by Crippen LogP contribution is 2.24. The Morgan fingerprint density at radius 1 is 1.50 bits per heavy atom. The molecule has 1 aromatic heterocycles. The number of hydrogen-bond acceptors (Lipinski definition) is 5. The Hall–Kier alpha value is -0.490. The number of rotatable bonds is 4. The second kappa shape index (κ2) is 6.10. The van der Waals surface area contributed by atoms with Crippen molar-refractivity contribution in [3.05, 3.63) is 16.1 Å². The third-order valence-corrected chi connectivity index (χ3v) is 4.08. The molecule has 2 heterocycles. The van der Waals surface area contributed by atoms with E-state index in [-0.39, 0.29) is 17.1 Å². The van der Waals surface area contributed by atoms with Crippen LogP contribution < -0.4 is 5.32 Å². The van der Waals surface area contributed by atoms with Crippen LogP contribution in [0.1, 0.15) is 45.3 Å². The van der Waals surface area contributed by atoms with E-state index in [1.807, 2.05) is 0 Å². The SMILES string of the molecule is CC1(C)CNCC(COCc2nc(C(C)(C)C)cs2)O1. The lowest BCUT2D eigenvalue weighted by Crippen LogP contribution is -2.51. The summed E-state index contributed by atoms with van der Waals surface area (Å²) in [5, 5.41) is 6.55. The standard InChI is InChI=1S/C15H26N2O2S/c1-14(2,3)12-9-20-13(17-12)8-18-7-11-6-16-10-15(4,5)19-11/h9,11,16H,6-8,10H2,1-5H3. The summed E-state index contributed by atoms with van der Waals surface area (Å²) in [4.78, 5) is 4.63. The minimum absolute atomic E-state index is 0.104. The Morgan fingerprint density at radius 2 is 2.25 bits per heavy atom. The number of ether oxygens (including phenoxy) is 2. The highest BCUT2D eigenvalue weighted by atomic mass is 32.1. The van der Waals surface area contributed by atoms with E-state index >= 15 is 0 Å². The molecule has 0 aliphatic carbocycles. The lowest BCUT2D eigenvalue weighted by atomic mass is 9.93. The van der Waals surface area contributed by atoms with Gasteiger partial charge in [-0.1, -0.05) is 20.8 Å². The molecule has 1 aromatic rings. The normalized spacial score (nSPS) is 22.9. The van der Waals surface area contributed by atoms with Gasteiger partial charge in [-0.05, 0) is 13.8 Å². The van der Waals surface area contributed by atoms with Gasteiger partial charge in [0.15, 0.2) is 0 Å². The van der Waals surface area contributed by atoms with Crippen molar-refractivity contribution < 1.29 is 9.47 Å². The molecule has 0 aromatic carbocycles. The van der Waals surface area contributed by atoms with Crippen molar-refractivity contribution in [2.45, 2.75) is 58.3 Å². The van der Waals surface area contributed by atoms with Gasteiger partial charge in [0.1, 0.15) is 5.01 Å². The van der Waals surface area contributed by atoms with Gasteiger partial charge in [-0.25, -0.2) is 4.98 Å². The topological polar surface area (TPSA) is 43.4 Å². The van der Waals surface area contributed by atoms with Crippen LogP contribution in [0.15, 0.2) is 5.38 Å². The number of nitrogens with zero attached hydrogens (tertiary/aromatic N) is 1. The molecule has 1 aliphatic heterocycles. The molecule has 2 rings (SSSR count). The van der Waals surface area contributed by atoms with Crippen LogP contribution in [0.2, 0.25) is 0 Å². The largest absolute Gasteiger partial charge is 0.372 e. The molecule has 1 atom stereocenters. The fourth-order valence-electron chi connectivity index (χ4n) is 2.16. The minimum atomic E-state index is -0.104. The van der Waals surface area contributed by atoms with E-state index in [1.54, 1.807) is 11.3 Å². The minimum Gasteiger partial charge on any atom is -0.372 e. The molecule has 1 N–H and O–H groups in total. The molecule has 0 spiro atoms. The molecule has 1 fully saturated rings. The Balaban J connectivity index is 1.77. The zero-order valence-corrected chi connectivity index (χ0v) is 14.0. The average molecular weight is 298 g/mol. The van der Waals surface area contributed by atoms with E-state index < -0.39 is 0 Å². The molecule has 1 unspecified atom stereocenters. The quantitative estimate of drug-likeness (QED) is 0.928. The highest BCUT2D eigenvalue weighted by molar-refractivity contribution is 7.09. The number of hydrogen-bond donors (Lipinski definition) is 1. The molecule has 5 heteroatoms. The van der Waals surface area contributed by atoms with E-state index in [0.29, 0.717) is 13.2 Å². The van der Waals surface area contributed by atoms with Crippen molar-refractivity contribution in [2.75, 3.05) is 19.7 Å². The third kappa shape index (κ3) is 4.52. The maximum Gasteiger partial charge on any atom is 0.119 e. The van der Waals surface area contributed by atoms with Gasteiger partial charge in [0, 0.05) is 23.9 Å². The third-order valence-electron chi connectivity index (χ3n) is 3.26. The summed E-state index contributed by atoms with van der Waals surface area (Å²) in [7, 11) is 0. The smallest absolute Gasteiger partial charge is 0.119 e. The molecular formula is C15H26N2O2S. The molecule has 0 radical (unpaired) electrons. The first kappa shape index (κ1) is 15.9. The van der Waals surface area contributed by atoms with Crippen LogP contribution in [0, 0.1) is 0 Å². The van der Waals surface area contributed by atoms with Gasteiger partial charge < -0.3 is 14.8 Å². The Bertz CT molecular complexity index is 437. The maximum atomic E-state index is 5.97. The van der Waals surface area contributed by atoms with Crippen LogP contribution in [-0.4, -0.2) is 36.4 Å². The number of nitrogens with one attached hydrogen (secondary N) is 1. The van der Waals surface area contributed by atoms with Crippen molar-refractivity contribution in [1.29, 1.82) is 0 Å². The summed E-state index contributed by atoms with van der Waals surface area (Å²) >= 11 is 1.67. The Morgan fingerprint density at radius 3 is 2.85 bits per heavy atom. The van der Waals surface area contributed by atoms with Gasteiger partial charge in [0.2, 0.25) is 0 Å². The highest BCUT2D eigenvalue weighted by Gasteiger charge is 2.28. The zero-order chi connectivity index (χ0) is 14.8. The van der Waals surface area contributed by atoms with E-state index in [9.17, 15) is 0 Å². The number of aromatic nitrogens is 1. The van der Waals surface area contributed by atoms with Gasteiger partial charge in [0.05, 0.1) is 30.6 Å². The molecule has 1 saturated heterocycles. The Labute approximate surface area is 125 Å². The van der Waals surface area contributed by atoms with Gasteiger partial charge in [0.25, 0.3) is 0 Å². The van der Waals surface area contributed by atoms with Gasteiger partial charge >= 0.3 is 0 Å². The Kier molecular flexibility index (Phi) is 4.84. The number of morpholine rings is 1. The van der Waals surface area contributed by atoms with Crippen molar-refractivity contribution >= 4 is 11.3 Å². The molecule has 0 bridgehead atoms. The monoisotopic (exact) mass is 298 g/mol. The van der Waals surface area contributed by atoms with Crippen LogP contribution in [0.3, 0.4) is 0 Å². The summed E-state index contributed by atoms with van der Waals surface area (Å²) in [5.74, 6) is 0. The van der Waals surface area contributed by atoms with E-state index in [1.165, 1.54) is 0 Å². The van der Waals surface area contributed by atoms with Crippen LogP contribution in [0.4, 0.5) is 0 Å². The van der Waals surface area contributed by atoms with Crippen molar-refractivity contribution in [3.63, 3.8) is 0 Å². The number of thiazole rings is 1. The van der Waals surface area contributed by atoms with Crippen LogP contribution >= 0.6 is 11.3 Å². The van der Waals surface area contributed by atoms with E-state index in [0.717, 1.165) is 23.8 Å². The fourth-order valence-corrected chi connectivity index (χ4v) is 3.12. The van der Waals surface area contributed by atoms with Crippen LogP contribution in [-0.2, 0) is 21.5 Å². The average Bonchev–Trinajstić information content (AvgIpc) is 2.76. The van der Waals surface area contributed by atoms with Gasteiger partial charge in [-0.2, -0.15) is 0 Å². The van der Waals surface area contributed by atoms with E-state index in [4.69, 9.17) is 9.47 Å². The first-order valence-electron chi connectivity index (χ1n) is 7.17. The molecule has 0 saturated carbocycles. The summed E-state index contributed by atoms with van der Waals surface area (Å²) in [6.07, 6.45) is 0.126. The second-order valence-electron chi connectivity index (χ2n) is 7.02. The molecule has 20 heavy (non-hydrogen) atoms. The predicted octanol–water partition coefficient (Wildman–Crippen LogP) is 2.72. The molecule has 1 aliphatic rings. The lowest BCUT2D eigenvalue weighted by Gasteiger charge is -2.36. The molecule has 0 amide bonds. The van der Waals surface area contributed by atoms with Crippen LogP contribution in [0.25, 0.3) is 0 Å². The molecular weight excluding hydrogens is 272 g/mol. The van der Waals surface area contributed by atoms with Gasteiger partial charge in [-0.15, -0.1) is 11.3 Å².